The Morgan fingerprint density at radius 3 is 2.80 bits per heavy atom. The number of imidazole rings is 1. The van der Waals surface area contributed by atoms with Crippen LogP contribution < -0.4 is 4.72 Å². The molecule has 0 aliphatic rings. The minimum Gasteiger partial charge on any atom is -0.478 e. The van der Waals surface area contributed by atoms with Gasteiger partial charge in [-0.3, -0.25) is 4.98 Å². The van der Waals surface area contributed by atoms with Crippen LogP contribution in [0.5, 0.6) is 0 Å². The highest BCUT2D eigenvalue weighted by atomic mass is 32.2. The highest BCUT2D eigenvalue weighted by Crippen LogP contribution is 2.06. The normalized spacial score (nSPS) is 11.4. The molecule has 106 valence electrons. The number of carboxylic acid groups (broad SMARTS) is 1. The number of carbonyl (C=O) groups is 1. The van der Waals surface area contributed by atoms with Crippen molar-refractivity contribution in [1.29, 1.82) is 0 Å². The van der Waals surface area contributed by atoms with Crippen LogP contribution in [0.1, 0.15) is 16.1 Å². The quantitative estimate of drug-likeness (QED) is 0.802. The van der Waals surface area contributed by atoms with Gasteiger partial charge in [0.05, 0.1) is 24.1 Å². The molecule has 8 nitrogen and oxygen atoms in total. The highest BCUT2D eigenvalue weighted by molar-refractivity contribution is 7.89. The number of nitrogens with one attached hydrogen (secondary N) is 1. The molecule has 9 heteroatoms. The van der Waals surface area contributed by atoms with Crippen LogP contribution in [0.4, 0.5) is 0 Å². The molecule has 0 atom stereocenters. The van der Waals surface area contributed by atoms with Gasteiger partial charge in [0, 0.05) is 19.4 Å². The van der Waals surface area contributed by atoms with E-state index in [1.165, 1.54) is 35.4 Å². The van der Waals surface area contributed by atoms with Gasteiger partial charge in [-0.25, -0.2) is 22.9 Å². The SMILES string of the molecule is Cn1cnc(S(=O)(=O)NCc2cc(C(=O)O)ccn2)c1. The van der Waals surface area contributed by atoms with Crippen molar-refractivity contribution in [2.75, 3.05) is 0 Å². The topological polar surface area (TPSA) is 114 Å². The predicted octanol–water partition coefficient (Wildman–Crippen LogP) is -0.00820. The van der Waals surface area contributed by atoms with Gasteiger partial charge in [0.2, 0.25) is 0 Å². The molecule has 0 saturated carbocycles. The maximum absolute atomic E-state index is 11.9. The van der Waals surface area contributed by atoms with Crippen LogP contribution in [0.25, 0.3) is 0 Å². The molecule has 2 aromatic rings. The molecule has 0 unspecified atom stereocenters. The third-order valence-corrected chi connectivity index (χ3v) is 3.75. The minimum atomic E-state index is -3.74. The van der Waals surface area contributed by atoms with Crippen molar-refractivity contribution < 1.29 is 18.3 Å². The van der Waals surface area contributed by atoms with Crippen molar-refractivity contribution >= 4 is 16.0 Å². The number of aromatic carboxylic acids is 1. The molecule has 2 N–H and O–H groups in total. The van der Waals surface area contributed by atoms with E-state index < -0.39 is 16.0 Å². The van der Waals surface area contributed by atoms with Crippen LogP contribution >= 0.6 is 0 Å². The van der Waals surface area contributed by atoms with Crippen molar-refractivity contribution in [2.24, 2.45) is 7.05 Å². The summed E-state index contributed by atoms with van der Waals surface area (Å²) >= 11 is 0. The summed E-state index contributed by atoms with van der Waals surface area (Å²) in [6.45, 7) is -0.111. The van der Waals surface area contributed by atoms with E-state index in [4.69, 9.17) is 5.11 Å². The Labute approximate surface area is 115 Å². The minimum absolute atomic E-state index is 0.0482. The molecule has 0 fully saturated rings. The number of aromatic nitrogens is 3. The fourth-order valence-electron chi connectivity index (χ4n) is 1.48. The zero-order valence-electron chi connectivity index (χ0n) is 10.5. The van der Waals surface area contributed by atoms with Crippen LogP contribution in [0.2, 0.25) is 0 Å². The lowest BCUT2D eigenvalue weighted by molar-refractivity contribution is 0.0696. The van der Waals surface area contributed by atoms with E-state index in [2.05, 4.69) is 14.7 Å². The van der Waals surface area contributed by atoms with Gasteiger partial charge in [-0.15, -0.1) is 0 Å². The first-order chi connectivity index (χ1) is 9.38. The molecule has 2 rings (SSSR count). The fraction of sp³-hybridized carbons (Fsp3) is 0.182. The van der Waals surface area contributed by atoms with Crippen LogP contribution in [0.3, 0.4) is 0 Å². The van der Waals surface area contributed by atoms with Gasteiger partial charge >= 0.3 is 5.97 Å². The molecular formula is C11H12N4O4S. The number of aryl methyl sites for hydroxylation is 1. The van der Waals surface area contributed by atoms with Crippen LogP contribution in [0, 0.1) is 0 Å². The van der Waals surface area contributed by atoms with Crippen LogP contribution in [-0.2, 0) is 23.6 Å². The number of carboxylic acids is 1. The van der Waals surface area contributed by atoms with Gasteiger partial charge < -0.3 is 9.67 Å². The predicted molar refractivity (Wildman–Crippen MR) is 68.4 cm³/mol. The molecule has 0 saturated heterocycles. The number of hydrogen-bond acceptors (Lipinski definition) is 5. The second-order valence-electron chi connectivity index (χ2n) is 4.04. The average molecular weight is 296 g/mol. The van der Waals surface area contributed by atoms with Crippen molar-refractivity contribution in [1.82, 2.24) is 19.3 Å². The first-order valence-corrected chi connectivity index (χ1v) is 7.02. The van der Waals surface area contributed by atoms with E-state index in [0.717, 1.165) is 0 Å². The van der Waals surface area contributed by atoms with Gasteiger partial charge in [-0.1, -0.05) is 0 Å². The second-order valence-corrected chi connectivity index (χ2v) is 5.76. The summed E-state index contributed by atoms with van der Waals surface area (Å²) in [5, 5.41) is 8.74. The zero-order chi connectivity index (χ0) is 14.8. The standard InChI is InChI=1S/C11H12N4O4S/c1-15-6-10(13-7-15)20(18,19)14-5-9-4-8(11(16)17)2-3-12-9/h2-4,6-7,14H,5H2,1H3,(H,16,17). The third kappa shape index (κ3) is 3.19. The van der Waals surface area contributed by atoms with Gasteiger partial charge in [-0.2, -0.15) is 0 Å². The molecule has 2 aromatic heterocycles. The Morgan fingerprint density at radius 2 is 2.20 bits per heavy atom. The van der Waals surface area contributed by atoms with Gasteiger partial charge in [-0.05, 0) is 12.1 Å². The van der Waals surface area contributed by atoms with Crippen molar-refractivity contribution in [3.05, 3.63) is 42.1 Å². The lowest BCUT2D eigenvalue weighted by Gasteiger charge is -2.04. The Balaban J connectivity index is 2.12. The van der Waals surface area contributed by atoms with Gasteiger partial charge in [0.25, 0.3) is 10.0 Å². The van der Waals surface area contributed by atoms with E-state index in [1.54, 1.807) is 7.05 Å². The summed E-state index contributed by atoms with van der Waals surface area (Å²) in [5.74, 6) is -1.10. The molecule has 0 amide bonds. The Morgan fingerprint density at radius 1 is 1.45 bits per heavy atom. The summed E-state index contributed by atoms with van der Waals surface area (Å²) in [5.41, 5.74) is 0.358. The Hall–Kier alpha value is -2.26. The van der Waals surface area contributed by atoms with E-state index >= 15 is 0 Å². The maximum Gasteiger partial charge on any atom is 0.335 e. The maximum atomic E-state index is 11.9. The number of nitrogens with zero attached hydrogens (tertiary/aromatic N) is 3. The van der Waals surface area contributed by atoms with Crippen LogP contribution in [-0.4, -0.2) is 34.0 Å². The van der Waals surface area contributed by atoms with E-state index in [9.17, 15) is 13.2 Å². The monoisotopic (exact) mass is 296 g/mol. The lowest BCUT2D eigenvalue weighted by atomic mass is 10.2. The number of pyridine rings is 1. The summed E-state index contributed by atoms with van der Waals surface area (Å²) in [6.07, 6.45) is 4.05. The molecular weight excluding hydrogens is 284 g/mol. The van der Waals surface area contributed by atoms with E-state index in [-0.39, 0.29) is 17.1 Å². The van der Waals surface area contributed by atoms with E-state index in [0.29, 0.717) is 5.69 Å². The third-order valence-electron chi connectivity index (χ3n) is 2.46. The van der Waals surface area contributed by atoms with Crippen molar-refractivity contribution in [2.45, 2.75) is 11.6 Å². The number of rotatable bonds is 5. The smallest absolute Gasteiger partial charge is 0.335 e. The first kappa shape index (κ1) is 14.2. The van der Waals surface area contributed by atoms with Crippen LogP contribution in [0.15, 0.2) is 35.9 Å². The molecule has 0 aliphatic heterocycles. The molecule has 0 aromatic carbocycles. The highest BCUT2D eigenvalue weighted by Gasteiger charge is 2.17. The van der Waals surface area contributed by atoms with Gasteiger partial charge in [0.15, 0.2) is 5.03 Å². The Bertz CT molecular complexity index is 738. The largest absolute Gasteiger partial charge is 0.478 e. The molecule has 0 aliphatic carbocycles. The zero-order valence-corrected chi connectivity index (χ0v) is 11.3. The number of hydrogen-bond donors (Lipinski definition) is 2. The molecule has 0 spiro atoms. The second kappa shape index (κ2) is 5.39. The van der Waals surface area contributed by atoms with Crippen molar-refractivity contribution in [3.63, 3.8) is 0 Å². The summed E-state index contributed by atoms with van der Waals surface area (Å²) in [7, 11) is -2.08. The summed E-state index contributed by atoms with van der Waals surface area (Å²) < 4.78 is 27.6. The number of sulfonamides is 1. The summed E-state index contributed by atoms with van der Waals surface area (Å²) in [4.78, 5) is 18.5. The van der Waals surface area contributed by atoms with Gasteiger partial charge in [0.1, 0.15) is 0 Å². The first-order valence-electron chi connectivity index (χ1n) is 5.54. The molecule has 0 radical (unpaired) electrons. The lowest BCUT2D eigenvalue weighted by Crippen LogP contribution is -2.24. The molecule has 2 heterocycles. The molecule has 0 bridgehead atoms. The van der Waals surface area contributed by atoms with Crippen molar-refractivity contribution in [3.8, 4) is 0 Å². The Kier molecular flexibility index (Phi) is 3.81. The fourth-order valence-corrected chi connectivity index (χ4v) is 2.46. The molecule has 20 heavy (non-hydrogen) atoms. The summed E-state index contributed by atoms with van der Waals surface area (Å²) in [6, 6.07) is 2.64. The van der Waals surface area contributed by atoms with E-state index in [1.807, 2.05) is 0 Å². The average Bonchev–Trinajstić information content (AvgIpc) is 2.84.